The normalized spacial score (nSPS) is 12.4. The highest BCUT2D eigenvalue weighted by molar-refractivity contribution is 9.10. The van der Waals surface area contributed by atoms with E-state index in [1.165, 1.54) is 12.1 Å². The highest BCUT2D eigenvalue weighted by Gasteiger charge is 2.42. The first-order valence-electron chi connectivity index (χ1n) is 4.97. The lowest BCUT2D eigenvalue weighted by atomic mass is 10.2. The number of hydrogen-bond donors (Lipinski definition) is 1. The summed E-state index contributed by atoms with van der Waals surface area (Å²) >= 11 is 3.11. The van der Waals surface area contributed by atoms with E-state index >= 15 is 0 Å². The van der Waals surface area contributed by atoms with E-state index in [4.69, 9.17) is 5.11 Å². The summed E-state index contributed by atoms with van der Waals surface area (Å²) in [5.41, 5.74) is -0.0568. The molecule has 100 valence electrons. The lowest BCUT2D eigenvalue weighted by molar-refractivity contribution is -0.139. The molecule has 0 atom stereocenters. The third-order valence-corrected chi connectivity index (χ3v) is 5.56. The maximum atomic E-state index is 13.5. The van der Waals surface area contributed by atoms with Crippen LogP contribution in [0.15, 0.2) is 22.7 Å². The van der Waals surface area contributed by atoms with Crippen molar-refractivity contribution in [2.75, 3.05) is 0 Å². The number of rotatable bonds is 4. The van der Waals surface area contributed by atoms with Crippen LogP contribution < -0.4 is 0 Å². The largest absolute Gasteiger partial charge is 0.480 e. The van der Waals surface area contributed by atoms with Crippen molar-refractivity contribution >= 4 is 31.7 Å². The molecule has 1 aromatic rings. The average molecular weight is 339 g/mol. The number of sulfone groups is 1. The molecule has 0 heterocycles. The van der Waals surface area contributed by atoms with Gasteiger partial charge < -0.3 is 5.11 Å². The molecule has 1 aromatic carbocycles. The molecule has 1 rings (SSSR count). The molecule has 18 heavy (non-hydrogen) atoms. The standard InChI is InChI=1S/C11H12BrFO4S/c1-11(2,10(14)15)18(16,17)6-7-5-8(12)3-4-9(7)13/h3-5H,6H2,1-2H3,(H,14,15). The topological polar surface area (TPSA) is 71.4 Å². The summed E-state index contributed by atoms with van der Waals surface area (Å²) in [5.74, 6) is -2.79. The molecule has 1 N–H and O–H groups in total. The molecular weight excluding hydrogens is 327 g/mol. The Morgan fingerprint density at radius 1 is 1.44 bits per heavy atom. The fraction of sp³-hybridized carbons (Fsp3) is 0.364. The first-order chi connectivity index (χ1) is 8.08. The van der Waals surface area contributed by atoms with E-state index in [2.05, 4.69) is 15.9 Å². The second-order valence-corrected chi connectivity index (χ2v) is 7.76. The van der Waals surface area contributed by atoms with Crippen molar-refractivity contribution in [2.24, 2.45) is 0 Å². The van der Waals surface area contributed by atoms with E-state index in [9.17, 15) is 17.6 Å². The molecule has 0 spiro atoms. The summed E-state index contributed by atoms with van der Waals surface area (Å²) in [5, 5.41) is 8.90. The van der Waals surface area contributed by atoms with Gasteiger partial charge in [-0.1, -0.05) is 15.9 Å². The van der Waals surface area contributed by atoms with Crippen LogP contribution in [0.1, 0.15) is 19.4 Å². The van der Waals surface area contributed by atoms with Crippen LogP contribution in [0.25, 0.3) is 0 Å². The van der Waals surface area contributed by atoms with Crippen molar-refractivity contribution < 1.29 is 22.7 Å². The van der Waals surface area contributed by atoms with Crippen molar-refractivity contribution in [3.8, 4) is 0 Å². The monoisotopic (exact) mass is 338 g/mol. The lowest BCUT2D eigenvalue weighted by Gasteiger charge is -2.19. The number of aliphatic carboxylic acids is 1. The van der Waals surface area contributed by atoms with E-state index in [-0.39, 0.29) is 5.56 Å². The Morgan fingerprint density at radius 3 is 2.50 bits per heavy atom. The van der Waals surface area contributed by atoms with Crippen LogP contribution in [-0.4, -0.2) is 24.2 Å². The van der Waals surface area contributed by atoms with Crippen LogP contribution in [0.3, 0.4) is 0 Å². The summed E-state index contributed by atoms with van der Waals surface area (Å²) in [6.45, 7) is 2.17. The predicted octanol–water partition coefficient (Wildman–Crippen LogP) is 2.37. The number of benzene rings is 1. The van der Waals surface area contributed by atoms with Crippen LogP contribution in [-0.2, 0) is 20.4 Å². The minimum absolute atomic E-state index is 0.0568. The first-order valence-corrected chi connectivity index (χ1v) is 7.42. The number of halogens is 2. The van der Waals surface area contributed by atoms with E-state index < -0.39 is 32.1 Å². The molecule has 0 fully saturated rings. The van der Waals surface area contributed by atoms with Gasteiger partial charge in [0.15, 0.2) is 14.6 Å². The Labute approximate surface area is 113 Å². The molecule has 0 radical (unpaired) electrons. The van der Waals surface area contributed by atoms with Gasteiger partial charge in [-0.25, -0.2) is 12.8 Å². The number of carboxylic acid groups (broad SMARTS) is 1. The Balaban J connectivity index is 3.18. The maximum absolute atomic E-state index is 13.5. The fourth-order valence-corrected chi connectivity index (χ4v) is 2.84. The Morgan fingerprint density at radius 2 is 2.00 bits per heavy atom. The number of hydrogen-bond acceptors (Lipinski definition) is 3. The van der Waals surface area contributed by atoms with Gasteiger partial charge in [0.25, 0.3) is 0 Å². The molecule has 7 heteroatoms. The van der Waals surface area contributed by atoms with Gasteiger partial charge in [0.2, 0.25) is 0 Å². The van der Waals surface area contributed by atoms with Gasteiger partial charge in [-0.05, 0) is 32.0 Å². The predicted molar refractivity (Wildman–Crippen MR) is 68.4 cm³/mol. The van der Waals surface area contributed by atoms with E-state index in [1.807, 2.05) is 0 Å². The fourth-order valence-electron chi connectivity index (χ4n) is 1.17. The van der Waals surface area contributed by atoms with Gasteiger partial charge in [0.1, 0.15) is 5.82 Å². The molecule has 0 amide bonds. The van der Waals surface area contributed by atoms with Gasteiger partial charge in [0, 0.05) is 10.0 Å². The van der Waals surface area contributed by atoms with Crippen molar-refractivity contribution in [3.05, 3.63) is 34.1 Å². The second-order valence-electron chi connectivity index (χ2n) is 4.31. The van der Waals surface area contributed by atoms with Crippen molar-refractivity contribution in [1.82, 2.24) is 0 Å². The van der Waals surface area contributed by atoms with Crippen LogP contribution in [0, 0.1) is 5.82 Å². The number of carboxylic acids is 1. The number of carbonyl (C=O) groups is 1. The Kier molecular flexibility index (Phi) is 4.17. The van der Waals surface area contributed by atoms with Gasteiger partial charge in [-0.15, -0.1) is 0 Å². The third-order valence-electron chi connectivity index (χ3n) is 2.65. The molecular formula is C11H12BrFO4S. The smallest absolute Gasteiger partial charge is 0.324 e. The maximum Gasteiger partial charge on any atom is 0.324 e. The SMILES string of the molecule is CC(C)(C(=O)O)S(=O)(=O)Cc1cc(Br)ccc1F. The zero-order valence-electron chi connectivity index (χ0n) is 9.78. The highest BCUT2D eigenvalue weighted by Crippen LogP contribution is 2.24. The Bertz CT molecular complexity index is 581. The van der Waals surface area contributed by atoms with Crippen molar-refractivity contribution in [3.63, 3.8) is 0 Å². The van der Waals surface area contributed by atoms with Crippen LogP contribution in [0.5, 0.6) is 0 Å². The van der Waals surface area contributed by atoms with Gasteiger partial charge in [-0.3, -0.25) is 4.79 Å². The van der Waals surface area contributed by atoms with E-state index in [1.54, 1.807) is 0 Å². The van der Waals surface area contributed by atoms with Gasteiger partial charge >= 0.3 is 5.97 Å². The summed E-state index contributed by atoms with van der Waals surface area (Å²) in [7, 11) is -4.01. The minimum Gasteiger partial charge on any atom is -0.480 e. The molecule has 0 bridgehead atoms. The van der Waals surface area contributed by atoms with Crippen molar-refractivity contribution in [2.45, 2.75) is 24.3 Å². The summed E-state index contributed by atoms with van der Waals surface area (Å²) in [6.07, 6.45) is 0. The first kappa shape index (κ1) is 15.1. The minimum atomic E-state index is -4.01. The van der Waals surface area contributed by atoms with Gasteiger partial charge in [-0.2, -0.15) is 0 Å². The molecule has 0 aliphatic rings. The van der Waals surface area contributed by atoms with Crippen molar-refractivity contribution in [1.29, 1.82) is 0 Å². The summed E-state index contributed by atoms with van der Waals surface area (Å²) < 4.78 is 36.0. The third kappa shape index (κ3) is 2.89. The molecule has 0 aliphatic carbocycles. The zero-order chi connectivity index (χ0) is 14.1. The summed E-state index contributed by atoms with van der Waals surface area (Å²) in [4.78, 5) is 10.9. The molecule has 4 nitrogen and oxygen atoms in total. The van der Waals surface area contributed by atoms with E-state index in [0.717, 1.165) is 19.9 Å². The lowest BCUT2D eigenvalue weighted by Crippen LogP contribution is -2.41. The molecule has 0 unspecified atom stereocenters. The summed E-state index contributed by atoms with van der Waals surface area (Å²) in [6, 6.07) is 3.89. The van der Waals surface area contributed by atoms with E-state index in [0.29, 0.717) is 4.47 Å². The van der Waals surface area contributed by atoms with Crippen LogP contribution in [0.2, 0.25) is 0 Å². The average Bonchev–Trinajstić information content (AvgIpc) is 2.22. The molecule has 0 saturated heterocycles. The molecule has 0 aromatic heterocycles. The highest BCUT2D eigenvalue weighted by atomic mass is 79.9. The molecule has 0 aliphatic heterocycles. The van der Waals surface area contributed by atoms with Gasteiger partial charge in [0.05, 0.1) is 5.75 Å². The zero-order valence-corrected chi connectivity index (χ0v) is 12.2. The van der Waals surface area contributed by atoms with Crippen LogP contribution >= 0.6 is 15.9 Å². The second kappa shape index (κ2) is 4.97. The Hall–Kier alpha value is -0.950. The quantitative estimate of drug-likeness (QED) is 0.914. The molecule has 0 saturated carbocycles. The van der Waals surface area contributed by atoms with Crippen LogP contribution in [0.4, 0.5) is 4.39 Å².